The first-order chi connectivity index (χ1) is 46.2. The molecule has 0 aromatic carbocycles. The monoisotopic (exact) mass is 1410 g/mol. The van der Waals surface area contributed by atoms with Crippen LogP contribution in [0.2, 0.25) is 0 Å². The molecule has 0 aliphatic heterocycles. The summed E-state index contributed by atoms with van der Waals surface area (Å²) in [6.07, 6.45) is 51.4. The summed E-state index contributed by atoms with van der Waals surface area (Å²) < 4.78 is 68.5. The summed E-state index contributed by atoms with van der Waals surface area (Å²) in [6, 6.07) is 0. The van der Waals surface area contributed by atoms with Gasteiger partial charge in [-0.05, 0) is 49.4 Å². The van der Waals surface area contributed by atoms with Gasteiger partial charge >= 0.3 is 39.5 Å². The maximum absolute atomic E-state index is 13.1. The van der Waals surface area contributed by atoms with Crippen LogP contribution in [0.25, 0.3) is 0 Å². The Bertz CT molecular complexity index is 1890. The average molecular weight is 1410 g/mol. The fourth-order valence-corrected chi connectivity index (χ4v) is 13.2. The first kappa shape index (κ1) is 94.1. The van der Waals surface area contributed by atoms with Crippen molar-refractivity contribution >= 4 is 39.5 Å². The molecular formula is C77H150O17P2. The Morgan fingerprint density at radius 2 is 0.500 bits per heavy atom. The minimum Gasteiger partial charge on any atom is -0.462 e. The van der Waals surface area contributed by atoms with Crippen molar-refractivity contribution in [1.82, 2.24) is 0 Å². The maximum atomic E-state index is 13.1. The number of phosphoric acid groups is 2. The van der Waals surface area contributed by atoms with E-state index in [1.54, 1.807) is 0 Å². The molecule has 0 aliphatic rings. The third-order valence-electron chi connectivity index (χ3n) is 18.5. The van der Waals surface area contributed by atoms with E-state index in [1.807, 2.05) is 0 Å². The van der Waals surface area contributed by atoms with E-state index in [1.165, 1.54) is 180 Å². The van der Waals surface area contributed by atoms with Gasteiger partial charge in [0.25, 0.3) is 0 Å². The zero-order valence-electron chi connectivity index (χ0n) is 63.0. The highest BCUT2D eigenvalue weighted by Crippen LogP contribution is 2.45. The number of aliphatic hydroxyl groups excluding tert-OH is 1. The average Bonchev–Trinajstić information content (AvgIpc) is 1.14. The highest BCUT2D eigenvalue weighted by Gasteiger charge is 2.30. The number of carbonyl (C=O) groups is 4. The van der Waals surface area contributed by atoms with Crippen molar-refractivity contribution in [1.29, 1.82) is 0 Å². The third kappa shape index (κ3) is 67.9. The lowest BCUT2D eigenvalue weighted by Gasteiger charge is -2.21. The van der Waals surface area contributed by atoms with E-state index in [0.717, 1.165) is 120 Å². The van der Waals surface area contributed by atoms with E-state index in [0.29, 0.717) is 31.6 Å². The highest BCUT2D eigenvalue weighted by atomic mass is 31.2. The van der Waals surface area contributed by atoms with Crippen LogP contribution in [-0.2, 0) is 65.4 Å². The number of unbranched alkanes of at least 4 members (excludes halogenated alkanes) is 38. The summed E-state index contributed by atoms with van der Waals surface area (Å²) in [4.78, 5) is 72.8. The third-order valence-corrected chi connectivity index (χ3v) is 20.4. The minimum atomic E-state index is -4.96. The lowest BCUT2D eigenvalue weighted by Crippen LogP contribution is -2.30. The first-order valence-corrected chi connectivity index (χ1v) is 42.8. The summed E-state index contributed by atoms with van der Waals surface area (Å²) in [5.41, 5.74) is 0. The smallest absolute Gasteiger partial charge is 0.462 e. The summed E-state index contributed by atoms with van der Waals surface area (Å²) >= 11 is 0. The standard InChI is InChI=1S/C77H150O17P2/c1-9-69(7)55-47-39-31-25-21-17-14-15-19-23-27-33-44-52-60-77(82)94-73(64-88-75(80)58-50-42-36-35-40-48-56-70(8)10-2)66-92-96(85,86)90-62-71(78)61-89-95(83,84)91-65-72(63-87-74(79)57-49-41-34-28-30-38-46-54-68(5)6)93-76(81)59-51-43-32-26-22-18-13-11-12-16-20-24-29-37-45-53-67(3)4/h67-73,78H,9-66H2,1-8H3,(H,83,84)(H,85,86)/t69?,70?,71-,72-,73-/m1/s1. The van der Waals surface area contributed by atoms with E-state index in [4.69, 9.17) is 37.0 Å². The molecule has 0 heterocycles. The van der Waals surface area contributed by atoms with Gasteiger partial charge in [0.1, 0.15) is 19.3 Å². The molecule has 7 atom stereocenters. The van der Waals surface area contributed by atoms with E-state index in [9.17, 15) is 43.2 Å². The summed E-state index contributed by atoms with van der Waals surface area (Å²) in [7, 11) is -9.91. The van der Waals surface area contributed by atoms with Crippen molar-refractivity contribution in [2.24, 2.45) is 23.7 Å². The fourth-order valence-electron chi connectivity index (χ4n) is 11.7. The molecule has 0 fully saturated rings. The molecule has 0 saturated carbocycles. The molecule has 0 spiro atoms. The van der Waals surface area contributed by atoms with Crippen LogP contribution < -0.4 is 0 Å². The Balaban J connectivity index is 5.21. The van der Waals surface area contributed by atoms with Gasteiger partial charge in [-0.2, -0.15) is 0 Å². The number of phosphoric ester groups is 2. The van der Waals surface area contributed by atoms with Gasteiger partial charge in [-0.1, -0.05) is 338 Å². The molecule has 0 bridgehead atoms. The van der Waals surface area contributed by atoms with Gasteiger partial charge < -0.3 is 33.8 Å². The predicted octanol–water partition coefficient (Wildman–Crippen LogP) is 22.4. The first-order valence-electron chi connectivity index (χ1n) is 39.8. The van der Waals surface area contributed by atoms with Gasteiger partial charge in [-0.3, -0.25) is 37.3 Å². The summed E-state index contributed by atoms with van der Waals surface area (Å²) in [5.74, 6) is 0.963. The summed E-state index contributed by atoms with van der Waals surface area (Å²) in [5, 5.41) is 10.6. The Morgan fingerprint density at radius 1 is 0.292 bits per heavy atom. The van der Waals surface area contributed by atoms with Gasteiger partial charge in [-0.25, -0.2) is 9.13 Å². The van der Waals surface area contributed by atoms with Crippen molar-refractivity contribution in [2.75, 3.05) is 39.6 Å². The van der Waals surface area contributed by atoms with Gasteiger partial charge in [-0.15, -0.1) is 0 Å². The molecule has 0 aromatic heterocycles. The fraction of sp³-hybridized carbons (Fsp3) is 0.948. The molecule has 19 heteroatoms. The lowest BCUT2D eigenvalue weighted by atomic mass is 9.99. The predicted molar refractivity (Wildman–Crippen MR) is 391 cm³/mol. The van der Waals surface area contributed by atoms with Crippen molar-refractivity contribution in [3.8, 4) is 0 Å². The van der Waals surface area contributed by atoms with Crippen molar-refractivity contribution in [2.45, 2.75) is 408 Å². The van der Waals surface area contributed by atoms with Crippen LogP contribution in [0.4, 0.5) is 0 Å². The Hall–Kier alpha value is -1.94. The molecule has 3 N–H and O–H groups in total. The van der Waals surface area contributed by atoms with Crippen LogP contribution in [0.3, 0.4) is 0 Å². The maximum Gasteiger partial charge on any atom is 0.472 e. The van der Waals surface area contributed by atoms with Crippen molar-refractivity contribution in [3.63, 3.8) is 0 Å². The number of aliphatic hydroxyl groups is 1. The molecular weight excluding hydrogens is 1260 g/mol. The molecule has 0 amide bonds. The number of hydrogen-bond acceptors (Lipinski definition) is 15. The van der Waals surface area contributed by atoms with Crippen LogP contribution in [0.5, 0.6) is 0 Å². The zero-order valence-corrected chi connectivity index (χ0v) is 64.8. The van der Waals surface area contributed by atoms with E-state index in [2.05, 4.69) is 55.4 Å². The SMILES string of the molecule is CCC(C)CCCCCCCCCCCCCCCCC(=O)O[C@H](COC(=O)CCCCCCCCC(C)CC)COP(=O)(O)OC[C@H](O)COP(=O)(O)OC[C@@H](COC(=O)CCCCCCCCCC(C)C)OC(=O)CCCCCCCCCCCCCCCCCC(C)C. The highest BCUT2D eigenvalue weighted by molar-refractivity contribution is 7.47. The number of esters is 4. The van der Waals surface area contributed by atoms with Crippen molar-refractivity contribution < 1.29 is 80.2 Å². The molecule has 0 saturated heterocycles. The molecule has 0 aliphatic carbocycles. The molecule has 96 heavy (non-hydrogen) atoms. The van der Waals surface area contributed by atoms with Gasteiger partial charge in [0.05, 0.1) is 26.4 Å². The van der Waals surface area contributed by atoms with E-state index < -0.39 is 97.5 Å². The molecule has 0 radical (unpaired) electrons. The molecule has 4 unspecified atom stereocenters. The van der Waals surface area contributed by atoms with Crippen LogP contribution >= 0.6 is 15.6 Å². The molecule has 17 nitrogen and oxygen atoms in total. The van der Waals surface area contributed by atoms with E-state index >= 15 is 0 Å². The number of carbonyl (C=O) groups excluding carboxylic acids is 4. The second kappa shape index (κ2) is 66.3. The Kier molecular flexibility index (Phi) is 65.0. The van der Waals surface area contributed by atoms with Crippen LogP contribution in [0.15, 0.2) is 0 Å². The van der Waals surface area contributed by atoms with Gasteiger partial charge in [0.15, 0.2) is 12.2 Å². The van der Waals surface area contributed by atoms with Crippen molar-refractivity contribution in [3.05, 3.63) is 0 Å². The second-order valence-corrected chi connectivity index (χ2v) is 32.1. The van der Waals surface area contributed by atoms with Gasteiger partial charge in [0, 0.05) is 25.7 Å². The van der Waals surface area contributed by atoms with Crippen LogP contribution in [0, 0.1) is 23.7 Å². The van der Waals surface area contributed by atoms with Crippen LogP contribution in [-0.4, -0.2) is 96.7 Å². The topological polar surface area (TPSA) is 237 Å². The second-order valence-electron chi connectivity index (χ2n) is 29.2. The normalized spacial score (nSPS) is 14.7. The Morgan fingerprint density at radius 3 is 0.740 bits per heavy atom. The Labute approximate surface area is 588 Å². The van der Waals surface area contributed by atoms with Crippen LogP contribution in [0.1, 0.15) is 389 Å². The van der Waals surface area contributed by atoms with E-state index in [-0.39, 0.29) is 25.7 Å². The molecule has 0 rings (SSSR count). The largest absolute Gasteiger partial charge is 0.472 e. The molecule has 570 valence electrons. The minimum absolute atomic E-state index is 0.106. The number of ether oxygens (including phenoxy) is 4. The van der Waals surface area contributed by atoms with Gasteiger partial charge in [0.2, 0.25) is 0 Å². The summed E-state index contributed by atoms with van der Waals surface area (Å²) in [6.45, 7) is 14.2. The number of hydrogen-bond donors (Lipinski definition) is 3. The number of rotatable bonds is 74. The lowest BCUT2D eigenvalue weighted by molar-refractivity contribution is -0.161. The zero-order chi connectivity index (χ0) is 71.0. The quantitative estimate of drug-likeness (QED) is 0.0222. The molecule has 0 aromatic rings.